The lowest BCUT2D eigenvalue weighted by Crippen LogP contribution is -2.40. The summed E-state index contributed by atoms with van der Waals surface area (Å²) in [4.78, 5) is 14.2. The van der Waals surface area contributed by atoms with E-state index < -0.39 is 16.0 Å². The van der Waals surface area contributed by atoms with Gasteiger partial charge in [0.1, 0.15) is 5.75 Å². The van der Waals surface area contributed by atoms with Gasteiger partial charge in [-0.2, -0.15) is 0 Å². The monoisotopic (exact) mass is 446 g/mol. The molecule has 2 aromatic carbocycles. The van der Waals surface area contributed by atoms with E-state index in [0.29, 0.717) is 11.1 Å². The van der Waals surface area contributed by atoms with Gasteiger partial charge in [-0.05, 0) is 74.3 Å². The van der Waals surface area contributed by atoms with Gasteiger partial charge in [-0.25, -0.2) is 17.9 Å². The molecule has 168 valence electrons. The molecular weight excluding hydrogens is 416 g/mol. The Hall–Kier alpha value is -2.42. The second-order valence-electron chi connectivity index (χ2n) is 7.71. The van der Waals surface area contributed by atoms with E-state index in [-0.39, 0.29) is 17.5 Å². The van der Waals surface area contributed by atoms with E-state index in [1.165, 1.54) is 31.7 Å². The molecule has 0 aromatic heterocycles. The van der Waals surface area contributed by atoms with E-state index in [4.69, 9.17) is 9.47 Å². The van der Waals surface area contributed by atoms with Gasteiger partial charge in [0.15, 0.2) is 0 Å². The highest BCUT2D eigenvalue weighted by molar-refractivity contribution is 7.89. The molecule has 31 heavy (non-hydrogen) atoms. The van der Waals surface area contributed by atoms with Gasteiger partial charge < -0.3 is 9.47 Å². The molecule has 0 saturated carbocycles. The summed E-state index contributed by atoms with van der Waals surface area (Å²) in [6.07, 6.45) is 3.41. The highest BCUT2D eigenvalue weighted by Crippen LogP contribution is 2.27. The largest absolute Gasteiger partial charge is 0.497 e. The van der Waals surface area contributed by atoms with Gasteiger partial charge in [-0.3, -0.25) is 4.90 Å². The van der Waals surface area contributed by atoms with Gasteiger partial charge in [0, 0.05) is 12.6 Å². The van der Waals surface area contributed by atoms with Crippen LogP contribution in [0.15, 0.2) is 47.4 Å². The van der Waals surface area contributed by atoms with Gasteiger partial charge in [-0.15, -0.1) is 0 Å². The van der Waals surface area contributed by atoms with Gasteiger partial charge in [0.2, 0.25) is 10.0 Å². The third kappa shape index (κ3) is 5.64. The molecule has 3 rings (SSSR count). The lowest BCUT2D eigenvalue weighted by molar-refractivity contribution is 0.0600. The number of carbonyl (C=O) groups is 1. The first-order valence-electron chi connectivity index (χ1n) is 10.4. The minimum absolute atomic E-state index is 0.0735. The third-order valence-corrected chi connectivity index (χ3v) is 7.27. The number of methoxy groups -OCH3 is 2. The first-order valence-corrected chi connectivity index (χ1v) is 11.9. The predicted octanol–water partition coefficient (Wildman–Crippen LogP) is 3.30. The van der Waals surface area contributed by atoms with E-state index in [9.17, 15) is 13.2 Å². The van der Waals surface area contributed by atoms with Crippen LogP contribution in [-0.4, -0.2) is 53.1 Å². The average Bonchev–Trinajstić information content (AvgIpc) is 2.79. The zero-order valence-electron chi connectivity index (χ0n) is 18.3. The molecule has 0 radical (unpaired) electrons. The Morgan fingerprint density at radius 1 is 1.06 bits per heavy atom. The maximum atomic E-state index is 13.1. The van der Waals surface area contributed by atoms with Crippen LogP contribution in [0.5, 0.6) is 5.75 Å². The summed E-state index contributed by atoms with van der Waals surface area (Å²) in [5.74, 6) is 0.271. The van der Waals surface area contributed by atoms with Crippen molar-refractivity contribution >= 4 is 16.0 Å². The Kier molecular flexibility index (Phi) is 7.69. The molecule has 0 spiro atoms. The molecule has 1 fully saturated rings. The van der Waals surface area contributed by atoms with Crippen molar-refractivity contribution in [2.75, 3.05) is 33.9 Å². The number of hydrogen-bond acceptors (Lipinski definition) is 6. The van der Waals surface area contributed by atoms with Crippen molar-refractivity contribution in [1.29, 1.82) is 0 Å². The molecule has 2 aromatic rings. The number of nitrogens with one attached hydrogen (secondary N) is 1. The van der Waals surface area contributed by atoms with Crippen LogP contribution < -0.4 is 9.46 Å². The van der Waals surface area contributed by atoms with Gasteiger partial charge >= 0.3 is 5.97 Å². The second-order valence-corrected chi connectivity index (χ2v) is 9.44. The quantitative estimate of drug-likeness (QED) is 0.627. The van der Waals surface area contributed by atoms with Crippen LogP contribution >= 0.6 is 0 Å². The Morgan fingerprint density at radius 2 is 1.74 bits per heavy atom. The number of likely N-dealkylation sites (tertiary alicyclic amines) is 1. The van der Waals surface area contributed by atoms with Crippen LogP contribution in [0.25, 0.3) is 0 Å². The van der Waals surface area contributed by atoms with Crippen molar-refractivity contribution in [1.82, 2.24) is 9.62 Å². The zero-order chi connectivity index (χ0) is 22.4. The van der Waals surface area contributed by atoms with Crippen molar-refractivity contribution in [3.63, 3.8) is 0 Å². The summed E-state index contributed by atoms with van der Waals surface area (Å²) in [5.41, 5.74) is 1.86. The SMILES string of the molecule is COC(=O)c1ccc(S(=O)(=O)NCC(c2ccc(OC)cc2)N2CCCCC2)c(C)c1. The second kappa shape index (κ2) is 10.3. The first kappa shape index (κ1) is 23.2. The molecule has 1 aliphatic heterocycles. The van der Waals surface area contributed by atoms with E-state index in [1.807, 2.05) is 24.3 Å². The molecule has 1 N–H and O–H groups in total. The van der Waals surface area contributed by atoms with Crippen LogP contribution in [0.3, 0.4) is 0 Å². The summed E-state index contributed by atoms with van der Waals surface area (Å²) in [5, 5.41) is 0. The van der Waals surface area contributed by atoms with Gasteiger partial charge in [0.05, 0.1) is 24.7 Å². The minimum Gasteiger partial charge on any atom is -0.497 e. The highest BCUT2D eigenvalue weighted by atomic mass is 32.2. The standard InChI is InChI=1S/C23H30N2O5S/c1-17-15-19(23(26)30-3)9-12-22(17)31(27,28)24-16-21(25-13-5-4-6-14-25)18-7-10-20(29-2)11-8-18/h7-12,15,21,24H,4-6,13-14,16H2,1-3H3. The first-order chi connectivity index (χ1) is 14.9. The molecule has 8 heteroatoms. The number of rotatable bonds is 8. The van der Waals surface area contributed by atoms with Gasteiger partial charge in [0.25, 0.3) is 0 Å². The molecule has 0 aliphatic carbocycles. The van der Waals surface area contributed by atoms with Crippen LogP contribution in [0.4, 0.5) is 0 Å². The molecular formula is C23H30N2O5S. The van der Waals surface area contributed by atoms with Crippen molar-refractivity contribution in [3.05, 3.63) is 59.2 Å². The molecule has 1 unspecified atom stereocenters. The number of benzene rings is 2. The summed E-state index contributed by atoms with van der Waals surface area (Å²) < 4.78 is 38.9. The number of esters is 1. The number of piperidine rings is 1. The summed E-state index contributed by atoms with van der Waals surface area (Å²) >= 11 is 0. The smallest absolute Gasteiger partial charge is 0.337 e. The van der Waals surface area contributed by atoms with E-state index >= 15 is 0 Å². The number of aryl methyl sites for hydroxylation is 1. The number of carbonyl (C=O) groups excluding carboxylic acids is 1. The third-order valence-electron chi connectivity index (χ3n) is 5.68. The fourth-order valence-electron chi connectivity index (χ4n) is 3.98. The zero-order valence-corrected chi connectivity index (χ0v) is 19.1. The van der Waals surface area contributed by atoms with Crippen LogP contribution in [0, 0.1) is 6.92 Å². The van der Waals surface area contributed by atoms with Crippen molar-refractivity contribution in [2.45, 2.75) is 37.1 Å². The van der Waals surface area contributed by atoms with Crippen LogP contribution in [-0.2, 0) is 14.8 Å². The predicted molar refractivity (Wildman–Crippen MR) is 119 cm³/mol. The molecule has 0 bridgehead atoms. The van der Waals surface area contributed by atoms with Crippen LogP contribution in [0.1, 0.15) is 46.8 Å². The maximum absolute atomic E-state index is 13.1. The van der Waals surface area contributed by atoms with E-state index in [2.05, 4.69) is 9.62 Å². The summed E-state index contributed by atoms with van der Waals surface area (Å²) in [6, 6.07) is 12.2. The Labute approximate surface area is 184 Å². The average molecular weight is 447 g/mol. The van der Waals surface area contributed by atoms with Crippen LogP contribution in [0.2, 0.25) is 0 Å². The lowest BCUT2D eigenvalue weighted by atomic mass is 10.0. The molecule has 1 aliphatic rings. The van der Waals surface area contributed by atoms with Crippen molar-refractivity contribution < 1.29 is 22.7 Å². The van der Waals surface area contributed by atoms with Crippen molar-refractivity contribution in [2.24, 2.45) is 0 Å². The Morgan fingerprint density at radius 3 is 2.32 bits per heavy atom. The summed E-state index contributed by atoms with van der Waals surface area (Å²) in [6.45, 7) is 3.80. The number of hydrogen-bond donors (Lipinski definition) is 1. The molecule has 7 nitrogen and oxygen atoms in total. The summed E-state index contributed by atoms with van der Waals surface area (Å²) in [7, 11) is -0.829. The topological polar surface area (TPSA) is 84.9 Å². The molecule has 1 saturated heterocycles. The maximum Gasteiger partial charge on any atom is 0.337 e. The Bertz CT molecular complexity index is 999. The molecule has 1 heterocycles. The molecule has 0 amide bonds. The fourth-order valence-corrected chi connectivity index (χ4v) is 5.24. The van der Waals surface area contributed by atoms with Gasteiger partial charge in [-0.1, -0.05) is 18.6 Å². The lowest BCUT2D eigenvalue weighted by Gasteiger charge is -2.35. The number of sulfonamides is 1. The number of ether oxygens (including phenoxy) is 2. The molecule has 1 atom stereocenters. The van der Waals surface area contributed by atoms with E-state index in [0.717, 1.165) is 37.2 Å². The van der Waals surface area contributed by atoms with E-state index in [1.54, 1.807) is 14.0 Å². The fraction of sp³-hybridized carbons (Fsp3) is 0.435. The Balaban J connectivity index is 1.81. The normalized spacial score (nSPS) is 16.0. The van der Waals surface area contributed by atoms with Crippen molar-refractivity contribution in [3.8, 4) is 5.75 Å². The number of nitrogens with zero attached hydrogens (tertiary/aromatic N) is 1. The highest BCUT2D eigenvalue weighted by Gasteiger charge is 2.26. The minimum atomic E-state index is -3.75.